The highest BCUT2D eigenvalue weighted by molar-refractivity contribution is 5.74. The predicted molar refractivity (Wildman–Crippen MR) is 69.9 cm³/mol. The lowest BCUT2D eigenvalue weighted by Crippen LogP contribution is -2.45. The number of carbonyl (C=O) groups excluding carboxylic acids is 1. The summed E-state index contributed by atoms with van der Waals surface area (Å²) in [5, 5.41) is 3.21. The van der Waals surface area contributed by atoms with E-state index in [1.54, 1.807) is 0 Å². The maximum Gasteiger partial charge on any atom is 0.317 e. The highest BCUT2D eigenvalue weighted by Gasteiger charge is 2.26. The first kappa shape index (κ1) is 12.7. The molecule has 0 unspecified atom stereocenters. The predicted octanol–water partition coefficient (Wildman–Crippen LogP) is 3.01. The van der Waals surface area contributed by atoms with Gasteiger partial charge in [-0.2, -0.15) is 0 Å². The molecular weight excluding hydrogens is 212 g/mol. The molecule has 1 aliphatic carbocycles. The number of amides is 2. The van der Waals surface area contributed by atoms with E-state index in [1.165, 1.54) is 38.5 Å². The molecule has 2 amide bonds. The van der Waals surface area contributed by atoms with Crippen LogP contribution in [0.15, 0.2) is 0 Å². The second-order valence-corrected chi connectivity index (χ2v) is 6.00. The lowest BCUT2D eigenvalue weighted by molar-refractivity contribution is 0.191. The Morgan fingerprint density at radius 1 is 1.12 bits per heavy atom. The Labute approximate surface area is 105 Å². The molecule has 0 bridgehead atoms. The minimum atomic E-state index is 0.176. The summed E-state index contributed by atoms with van der Waals surface area (Å²) in [5.41, 5.74) is 0. The van der Waals surface area contributed by atoms with Gasteiger partial charge < -0.3 is 10.2 Å². The van der Waals surface area contributed by atoms with Crippen LogP contribution in [0.1, 0.15) is 52.4 Å². The molecule has 2 rings (SSSR count). The van der Waals surface area contributed by atoms with Crippen LogP contribution in [-0.4, -0.2) is 30.1 Å². The molecule has 0 aromatic carbocycles. The molecule has 1 aliphatic heterocycles. The Hall–Kier alpha value is -0.730. The summed E-state index contributed by atoms with van der Waals surface area (Å²) in [7, 11) is 0. The van der Waals surface area contributed by atoms with Crippen molar-refractivity contribution in [1.82, 2.24) is 10.2 Å². The van der Waals surface area contributed by atoms with Crippen LogP contribution in [-0.2, 0) is 0 Å². The van der Waals surface area contributed by atoms with Crippen LogP contribution in [0, 0.1) is 11.8 Å². The Morgan fingerprint density at radius 3 is 2.24 bits per heavy atom. The average molecular weight is 238 g/mol. The molecule has 2 aliphatic rings. The minimum Gasteiger partial charge on any atom is -0.335 e. The summed E-state index contributed by atoms with van der Waals surface area (Å²) < 4.78 is 0. The van der Waals surface area contributed by atoms with Crippen LogP contribution in [0.3, 0.4) is 0 Å². The van der Waals surface area contributed by atoms with E-state index < -0.39 is 0 Å². The van der Waals surface area contributed by atoms with E-state index in [0.717, 1.165) is 24.9 Å². The second-order valence-electron chi connectivity index (χ2n) is 6.00. The first-order valence-electron chi connectivity index (χ1n) is 7.22. The van der Waals surface area contributed by atoms with Crippen LogP contribution >= 0.6 is 0 Å². The fourth-order valence-corrected chi connectivity index (χ4v) is 3.12. The number of likely N-dealkylation sites (tertiary alicyclic amines) is 1. The molecule has 0 atom stereocenters. The number of nitrogens with one attached hydrogen (secondary N) is 1. The van der Waals surface area contributed by atoms with Crippen molar-refractivity contribution in [1.29, 1.82) is 0 Å². The monoisotopic (exact) mass is 238 g/mol. The lowest BCUT2D eigenvalue weighted by atomic mass is 9.80. The zero-order valence-electron chi connectivity index (χ0n) is 11.2. The van der Waals surface area contributed by atoms with Crippen molar-refractivity contribution in [3.8, 4) is 0 Å². The Morgan fingerprint density at radius 2 is 1.71 bits per heavy atom. The van der Waals surface area contributed by atoms with E-state index in [2.05, 4.69) is 19.2 Å². The highest BCUT2D eigenvalue weighted by Crippen LogP contribution is 2.29. The third-order valence-electron chi connectivity index (χ3n) is 4.44. The summed E-state index contributed by atoms with van der Waals surface area (Å²) in [6.07, 6.45) is 7.25. The van der Waals surface area contributed by atoms with Crippen molar-refractivity contribution in [2.45, 2.75) is 58.4 Å². The quantitative estimate of drug-likeness (QED) is 0.788. The van der Waals surface area contributed by atoms with Crippen molar-refractivity contribution in [2.24, 2.45) is 11.8 Å². The number of carbonyl (C=O) groups is 1. The van der Waals surface area contributed by atoms with Gasteiger partial charge in [0.15, 0.2) is 0 Å². The maximum atomic E-state index is 11.9. The molecule has 0 aromatic rings. The summed E-state index contributed by atoms with van der Waals surface area (Å²) in [5.74, 6) is 1.67. The molecule has 0 aromatic heterocycles. The number of hydrogen-bond donors (Lipinski definition) is 1. The summed E-state index contributed by atoms with van der Waals surface area (Å²) in [4.78, 5) is 13.9. The summed E-state index contributed by atoms with van der Waals surface area (Å²) in [6, 6.07) is 0.605. The Bertz CT molecular complexity index is 251. The molecule has 1 saturated heterocycles. The topological polar surface area (TPSA) is 32.3 Å². The van der Waals surface area contributed by atoms with Gasteiger partial charge in [-0.1, -0.05) is 13.8 Å². The molecule has 3 heteroatoms. The minimum absolute atomic E-state index is 0.176. The van der Waals surface area contributed by atoms with E-state index >= 15 is 0 Å². The van der Waals surface area contributed by atoms with Gasteiger partial charge in [0.25, 0.3) is 0 Å². The van der Waals surface area contributed by atoms with E-state index in [4.69, 9.17) is 0 Å². The largest absolute Gasteiger partial charge is 0.335 e. The standard InChI is InChI=1S/C14H26N2O/c1-11(2)12-5-7-13(8-6-12)15-14(17)16-9-3-4-10-16/h11-13H,3-10H2,1-2H3,(H,15,17). The molecule has 0 spiro atoms. The molecule has 2 fully saturated rings. The van der Waals surface area contributed by atoms with Crippen LogP contribution in [0.25, 0.3) is 0 Å². The van der Waals surface area contributed by atoms with E-state index in [0.29, 0.717) is 6.04 Å². The zero-order valence-corrected chi connectivity index (χ0v) is 11.2. The lowest BCUT2D eigenvalue weighted by Gasteiger charge is -2.32. The van der Waals surface area contributed by atoms with Crippen LogP contribution < -0.4 is 5.32 Å². The first-order chi connectivity index (χ1) is 8.16. The van der Waals surface area contributed by atoms with Gasteiger partial charge in [0, 0.05) is 19.1 Å². The number of nitrogens with zero attached hydrogens (tertiary/aromatic N) is 1. The fraction of sp³-hybridized carbons (Fsp3) is 0.929. The summed E-state index contributed by atoms with van der Waals surface area (Å²) >= 11 is 0. The molecule has 1 N–H and O–H groups in total. The fourth-order valence-electron chi connectivity index (χ4n) is 3.12. The zero-order chi connectivity index (χ0) is 12.3. The van der Waals surface area contributed by atoms with Gasteiger partial charge >= 0.3 is 6.03 Å². The molecule has 1 saturated carbocycles. The summed E-state index contributed by atoms with van der Waals surface area (Å²) in [6.45, 7) is 6.53. The maximum absolute atomic E-state index is 11.9. The average Bonchev–Trinajstić information content (AvgIpc) is 2.83. The molecular formula is C14H26N2O. The van der Waals surface area contributed by atoms with Gasteiger partial charge in [0.2, 0.25) is 0 Å². The molecule has 98 valence electrons. The number of hydrogen-bond acceptors (Lipinski definition) is 1. The second kappa shape index (κ2) is 5.74. The smallest absolute Gasteiger partial charge is 0.317 e. The molecule has 17 heavy (non-hydrogen) atoms. The van der Waals surface area contributed by atoms with Gasteiger partial charge in [-0.05, 0) is 50.4 Å². The SMILES string of the molecule is CC(C)C1CCC(NC(=O)N2CCCC2)CC1. The highest BCUT2D eigenvalue weighted by atomic mass is 16.2. The third-order valence-corrected chi connectivity index (χ3v) is 4.44. The van der Waals surface area contributed by atoms with Crippen molar-refractivity contribution in [3.05, 3.63) is 0 Å². The van der Waals surface area contributed by atoms with Crippen molar-refractivity contribution in [2.75, 3.05) is 13.1 Å². The molecule has 3 nitrogen and oxygen atoms in total. The Balaban J connectivity index is 1.72. The first-order valence-corrected chi connectivity index (χ1v) is 7.22. The van der Waals surface area contributed by atoms with E-state index in [-0.39, 0.29) is 6.03 Å². The molecule has 1 heterocycles. The van der Waals surface area contributed by atoms with Crippen LogP contribution in [0.2, 0.25) is 0 Å². The van der Waals surface area contributed by atoms with Crippen LogP contribution in [0.5, 0.6) is 0 Å². The van der Waals surface area contributed by atoms with Gasteiger partial charge in [-0.25, -0.2) is 4.79 Å². The normalized spacial score (nSPS) is 29.7. The van der Waals surface area contributed by atoms with E-state index in [1.807, 2.05) is 4.90 Å². The third kappa shape index (κ3) is 3.36. The molecule has 0 radical (unpaired) electrons. The van der Waals surface area contributed by atoms with Crippen LogP contribution in [0.4, 0.5) is 4.79 Å². The van der Waals surface area contributed by atoms with Gasteiger partial charge in [0.1, 0.15) is 0 Å². The Kier molecular flexibility index (Phi) is 4.30. The van der Waals surface area contributed by atoms with E-state index in [9.17, 15) is 4.79 Å². The van der Waals surface area contributed by atoms with Gasteiger partial charge in [-0.15, -0.1) is 0 Å². The van der Waals surface area contributed by atoms with Gasteiger partial charge in [0.05, 0.1) is 0 Å². The number of urea groups is 1. The van der Waals surface area contributed by atoms with Crippen molar-refractivity contribution < 1.29 is 4.79 Å². The van der Waals surface area contributed by atoms with Crippen molar-refractivity contribution >= 4 is 6.03 Å². The van der Waals surface area contributed by atoms with Gasteiger partial charge in [-0.3, -0.25) is 0 Å². The number of rotatable bonds is 2. The van der Waals surface area contributed by atoms with Crippen molar-refractivity contribution in [3.63, 3.8) is 0 Å².